The highest BCUT2D eigenvalue weighted by atomic mass is 35.5. The van der Waals surface area contributed by atoms with Crippen molar-refractivity contribution in [3.63, 3.8) is 0 Å². The monoisotopic (exact) mass is 303 g/mol. The van der Waals surface area contributed by atoms with Crippen LogP contribution in [0.1, 0.15) is 12.5 Å². The molecule has 0 bridgehead atoms. The van der Waals surface area contributed by atoms with E-state index in [0.29, 0.717) is 5.02 Å². The van der Waals surface area contributed by atoms with Gasteiger partial charge in [-0.3, -0.25) is 0 Å². The van der Waals surface area contributed by atoms with Gasteiger partial charge >= 0.3 is 0 Å². The van der Waals surface area contributed by atoms with Crippen LogP contribution in [0.5, 0.6) is 0 Å². The molecule has 1 fully saturated rings. The molecule has 4 nitrogen and oxygen atoms in total. The molecule has 0 aliphatic carbocycles. The smallest absolute Gasteiger partial charge is 0.154 e. The molecule has 19 heavy (non-hydrogen) atoms. The average molecular weight is 304 g/mol. The van der Waals surface area contributed by atoms with E-state index in [2.05, 4.69) is 5.32 Å². The van der Waals surface area contributed by atoms with Crippen molar-refractivity contribution in [1.29, 1.82) is 0 Å². The van der Waals surface area contributed by atoms with E-state index < -0.39 is 15.9 Å². The van der Waals surface area contributed by atoms with Crippen molar-refractivity contribution in [3.05, 3.63) is 34.9 Å². The maximum atomic E-state index is 11.4. The van der Waals surface area contributed by atoms with Crippen molar-refractivity contribution in [2.24, 2.45) is 0 Å². The maximum Gasteiger partial charge on any atom is 0.154 e. The second kappa shape index (κ2) is 5.79. The predicted octanol–water partition coefficient (Wildman–Crippen LogP) is 1.02. The van der Waals surface area contributed by atoms with Crippen LogP contribution in [-0.2, 0) is 16.3 Å². The molecule has 2 N–H and O–H groups in total. The molecule has 1 aliphatic rings. The minimum Gasteiger partial charge on any atom is -0.390 e. The van der Waals surface area contributed by atoms with Gasteiger partial charge in [-0.15, -0.1) is 0 Å². The number of aliphatic hydroxyl groups excluding tert-OH is 1. The zero-order chi connectivity index (χ0) is 14.0. The number of hydrogen-bond acceptors (Lipinski definition) is 4. The third kappa shape index (κ3) is 4.18. The molecule has 1 heterocycles. The summed E-state index contributed by atoms with van der Waals surface area (Å²) in [5.41, 5.74) is 1.12. The summed E-state index contributed by atoms with van der Waals surface area (Å²) in [6, 6.07) is 7.28. The Morgan fingerprint density at radius 1 is 1.37 bits per heavy atom. The Morgan fingerprint density at radius 2 is 2.00 bits per heavy atom. The SMILES string of the molecule is CC(Cc1ccc(Cl)cc1)N[C@@H]1CS(=O)(=O)C[C@H]1O. The van der Waals surface area contributed by atoms with Crippen LogP contribution in [0.25, 0.3) is 0 Å². The van der Waals surface area contributed by atoms with Crippen LogP contribution in [0.2, 0.25) is 5.02 Å². The van der Waals surface area contributed by atoms with Crippen LogP contribution in [-0.4, -0.2) is 43.2 Å². The Hall–Kier alpha value is -0.620. The summed E-state index contributed by atoms with van der Waals surface area (Å²) in [6.45, 7) is 1.98. The van der Waals surface area contributed by atoms with Gasteiger partial charge in [-0.2, -0.15) is 0 Å². The number of halogens is 1. The first-order valence-electron chi connectivity index (χ1n) is 6.25. The van der Waals surface area contributed by atoms with Gasteiger partial charge in [0.05, 0.1) is 17.6 Å². The van der Waals surface area contributed by atoms with E-state index in [0.717, 1.165) is 12.0 Å². The molecule has 1 unspecified atom stereocenters. The normalized spacial score (nSPS) is 27.3. The Kier molecular flexibility index (Phi) is 4.50. The molecule has 0 amide bonds. The minimum atomic E-state index is -3.10. The minimum absolute atomic E-state index is 0.0130. The molecule has 1 aromatic rings. The Morgan fingerprint density at radius 3 is 2.53 bits per heavy atom. The first kappa shape index (κ1) is 14.8. The molecule has 0 spiro atoms. The van der Waals surface area contributed by atoms with Gasteiger partial charge < -0.3 is 10.4 Å². The number of aliphatic hydroxyl groups is 1. The van der Waals surface area contributed by atoms with Gasteiger partial charge in [0, 0.05) is 17.1 Å². The van der Waals surface area contributed by atoms with E-state index in [4.69, 9.17) is 11.6 Å². The van der Waals surface area contributed by atoms with Crippen LogP contribution in [0.3, 0.4) is 0 Å². The zero-order valence-electron chi connectivity index (χ0n) is 10.7. The molecule has 1 aliphatic heterocycles. The van der Waals surface area contributed by atoms with Gasteiger partial charge in [0.1, 0.15) is 0 Å². The van der Waals surface area contributed by atoms with Crippen LogP contribution in [0.4, 0.5) is 0 Å². The van der Waals surface area contributed by atoms with Crippen molar-refractivity contribution in [1.82, 2.24) is 5.32 Å². The van der Waals surface area contributed by atoms with Gasteiger partial charge in [-0.05, 0) is 31.0 Å². The van der Waals surface area contributed by atoms with Gasteiger partial charge in [-0.1, -0.05) is 23.7 Å². The second-order valence-corrected chi connectivity index (χ2v) is 7.74. The molecule has 0 aromatic heterocycles. The van der Waals surface area contributed by atoms with Gasteiger partial charge in [-0.25, -0.2) is 8.42 Å². The number of nitrogens with one attached hydrogen (secondary N) is 1. The third-order valence-corrected chi connectivity index (χ3v) is 5.24. The standard InChI is InChI=1S/C13H18ClNO3S/c1-9(6-10-2-4-11(14)5-3-10)15-12-7-19(17,18)8-13(12)16/h2-5,9,12-13,15-16H,6-8H2,1H3/t9?,12-,13-/m1/s1. The first-order valence-corrected chi connectivity index (χ1v) is 8.44. The quantitative estimate of drug-likeness (QED) is 0.871. The van der Waals surface area contributed by atoms with Crippen molar-refractivity contribution in [2.75, 3.05) is 11.5 Å². The van der Waals surface area contributed by atoms with E-state index in [1.165, 1.54) is 0 Å². The van der Waals surface area contributed by atoms with Crippen molar-refractivity contribution in [2.45, 2.75) is 31.5 Å². The fourth-order valence-electron chi connectivity index (χ4n) is 2.39. The van der Waals surface area contributed by atoms with Gasteiger partial charge in [0.2, 0.25) is 0 Å². The highest BCUT2D eigenvalue weighted by Gasteiger charge is 2.36. The zero-order valence-corrected chi connectivity index (χ0v) is 12.3. The Balaban J connectivity index is 1.91. The lowest BCUT2D eigenvalue weighted by atomic mass is 10.1. The van der Waals surface area contributed by atoms with E-state index in [1.54, 1.807) is 0 Å². The number of rotatable bonds is 4. The summed E-state index contributed by atoms with van der Waals surface area (Å²) in [7, 11) is -3.10. The highest BCUT2D eigenvalue weighted by molar-refractivity contribution is 7.91. The largest absolute Gasteiger partial charge is 0.390 e. The van der Waals surface area contributed by atoms with Crippen molar-refractivity contribution < 1.29 is 13.5 Å². The number of sulfone groups is 1. The fourth-order valence-corrected chi connectivity index (χ4v) is 4.27. The topological polar surface area (TPSA) is 66.4 Å². The summed E-state index contributed by atoms with van der Waals surface area (Å²) < 4.78 is 22.8. The Bertz CT molecular complexity index is 529. The van der Waals surface area contributed by atoms with Gasteiger partial charge in [0.25, 0.3) is 0 Å². The maximum absolute atomic E-state index is 11.4. The molecule has 106 valence electrons. The van der Waals surface area contributed by atoms with Crippen LogP contribution < -0.4 is 5.32 Å². The fraction of sp³-hybridized carbons (Fsp3) is 0.538. The van der Waals surface area contributed by atoms with Crippen molar-refractivity contribution in [3.8, 4) is 0 Å². The van der Waals surface area contributed by atoms with Crippen LogP contribution >= 0.6 is 11.6 Å². The molecule has 6 heteroatoms. The predicted molar refractivity (Wildman–Crippen MR) is 76.2 cm³/mol. The molecular weight excluding hydrogens is 286 g/mol. The molecule has 2 rings (SSSR count). The van der Waals surface area contributed by atoms with Crippen LogP contribution in [0, 0.1) is 0 Å². The summed E-state index contributed by atoms with van der Waals surface area (Å²) >= 11 is 5.82. The lowest BCUT2D eigenvalue weighted by molar-refractivity contribution is 0.160. The highest BCUT2D eigenvalue weighted by Crippen LogP contribution is 2.15. The Labute approximate surface area is 118 Å². The first-order chi connectivity index (χ1) is 8.85. The molecule has 0 saturated carbocycles. The lowest BCUT2D eigenvalue weighted by Gasteiger charge is -2.21. The molecular formula is C13H18ClNO3S. The third-order valence-electron chi connectivity index (χ3n) is 3.28. The second-order valence-electron chi connectivity index (χ2n) is 5.15. The van der Waals surface area contributed by atoms with Crippen molar-refractivity contribution >= 4 is 21.4 Å². The average Bonchev–Trinajstić information content (AvgIpc) is 2.55. The summed E-state index contributed by atoms with van der Waals surface area (Å²) in [6.07, 6.45) is -0.0434. The van der Waals surface area contributed by atoms with Crippen LogP contribution in [0.15, 0.2) is 24.3 Å². The lowest BCUT2D eigenvalue weighted by Crippen LogP contribution is -2.44. The molecule has 3 atom stereocenters. The van der Waals surface area contributed by atoms with E-state index in [-0.39, 0.29) is 23.6 Å². The number of benzene rings is 1. The van der Waals surface area contributed by atoms with E-state index in [1.807, 2.05) is 31.2 Å². The molecule has 1 saturated heterocycles. The molecule has 1 aromatic carbocycles. The molecule has 0 radical (unpaired) electrons. The van der Waals surface area contributed by atoms with E-state index >= 15 is 0 Å². The van der Waals surface area contributed by atoms with Gasteiger partial charge in [0.15, 0.2) is 9.84 Å². The summed E-state index contributed by atoms with van der Waals surface area (Å²) in [4.78, 5) is 0. The summed E-state index contributed by atoms with van der Waals surface area (Å²) in [5.74, 6) is -0.128. The summed E-state index contributed by atoms with van der Waals surface area (Å²) in [5, 5.41) is 13.6. The van der Waals surface area contributed by atoms with E-state index in [9.17, 15) is 13.5 Å². The number of hydrogen-bond donors (Lipinski definition) is 2.